The summed E-state index contributed by atoms with van der Waals surface area (Å²) in [7, 11) is 0. The largest absolute Gasteiger partial charge is 0.244 e. The van der Waals surface area contributed by atoms with E-state index < -0.39 is 0 Å². The third-order valence-electron chi connectivity index (χ3n) is 4.57. The molecule has 0 unspecified atom stereocenters. The number of thiazole rings is 1. The molecule has 0 bridgehead atoms. The normalized spacial score (nSPS) is 11.6. The van der Waals surface area contributed by atoms with Gasteiger partial charge in [0.15, 0.2) is 0 Å². The van der Waals surface area contributed by atoms with Gasteiger partial charge >= 0.3 is 0 Å². The van der Waals surface area contributed by atoms with Gasteiger partial charge in [-0.2, -0.15) is 0 Å². The highest BCUT2D eigenvalue weighted by Crippen LogP contribution is 2.47. The molecule has 0 N–H and O–H groups in total. The van der Waals surface area contributed by atoms with E-state index in [1.807, 2.05) is 28.2 Å². The zero-order chi connectivity index (χ0) is 17.0. The van der Waals surface area contributed by atoms with Gasteiger partial charge in [-0.05, 0) is 26.0 Å². The van der Waals surface area contributed by atoms with Crippen molar-refractivity contribution in [3.8, 4) is 21.7 Å². The van der Waals surface area contributed by atoms with E-state index in [2.05, 4.69) is 62.4 Å². The summed E-state index contributed by atoms with van der Waals surface area (Å²) in [6.45, 7) is 4.43. The molecule has 0 fully saturated rings. The van der Waals surface area contributed by atoms with Crippen molar-refractivity contribution in [1.29, 1.82) is 0 Å². The number of fused-ring (bicyclic) bond motifs is 2. The molecule has 0 saturated carbocycles. The fraction of sp³-hybridized carbons (Fsp3) is 0.0952. The average Bonchev–Trinajstić information content (AvgIpc) is 3.27. The second-order valence-electron chi connectivity index (χ2n) is 6.09. The molecule has 1 nitrogen and oxygen atoms in total. The van der Waals surface area contributed by atoms with E-state index in [1.54, 1.807) is 11.3 Å². The first-order valence-corrected chi connectivity index (χ1v) is 10.7. The lowest BCUT2D eigenvalue weighted by atomic mass is 10.0. The zero-order valence-corrected chi connectivity index (χ0v) is 16.3. The molecule has 3 heterocycles. The van der Waals surface area contributed by atoms with E-state index in [-0.39, 0.29) is 0 Å². The van der Waals surface area contributed by atoms with Gasteiger partial charge in [-0.25, -0.2) is 4.98 Å². The molecule has 3 aromatic heterocycles. The summed E-state index contributed by atoms with van der Waals surface area (Å²) in [5.41, 5.74) is 5.77. The lowest BCUT2D eigenvalue weighted by Gasteiger charge is -2.05. The van der Waals surface area contributed by atoms with Crippen molar-refractivity contribution in [1.82, 2.24) is 4.98 Å². The fourth-order valence-electron chi connectivity index (χ4n) is 3.51. The maximum atomic E-state index is 4.80. The van der Waals surface area contributed by atoms with Crippen LogP contribution in [0.1, 0.15) is 9.75 Å². The molecule has 0 spiro atoms. The average molecular weight is 378 g/mol. The van der Waals surface area contributed by atoms with Crippen LogP contribution in [0.25, 0.3) is 41.9 Å². The van der Waals surface area contributed by atoms with Crippen LogP contribution in [-0.2, 0) is 0 Å². The Morgan fingerprint density at radius 2 is 1.28 bits per heavy atom. The number of hydrogen-bond acceptors (Lipinski definition) is 4. The molecule has 0 radical (unpaired) electrons. The van der Waals surface area contributed by atoms with Gasteiger partial charge in [-0.15, -0.1) is 34.0 Å². The van der Waals surface area contributed by atoms with Crippen LogP contribution in [0.4, 0.5) is 0 Å². The predicted molar refractivity (Wildman–Crippen MR) is 113 cm³/mol. The van der Waals surface area contributed by atoms with Crippen molar-refractivity contribution in [3.63, 3.8) is 0 Å². The minimum absolute atomic E-state index is 1.13. The Kier molecular flexibility index (Phi) is 3.52. The highest BCUT2D eigenvalue weighted by Gasteiger charge is 2.21. The lowest BCUT2D eigenvalue weighted by molar-refractivity contribution is 1.41. The summed E-state index contributed by atoms with van der Waals surface area (Å²) in [5.74, 6) is 0. The van der Waals surface area contributed by atoms with Crippen molar-refractivity contribution < 1.29 is 0 Å². The maximum Gasteiger partial charge on any atom is 0.0908 e. The molecular weight excluding hydrogens is 362 g/mol. The van der Waals surface area contributed by atoms with E-state index >= 15 is 0 Å². The van der Waals surface area contributed by atoms with E-state index in [0.717, 1.165) is 5.69 Å². The van der Waals surface area contributed by atoms with Crippen LogP contribution in [-0.4, -0.2) is 4.98 Å². The topological polar surface area (TPSA) is 12.9 Å². The van der Waals surface area contributed by atoms with Gasteiger partial charge in [0, 0.05) is 41.1 Å². The van der Waals surface area contributed by atoms with Crippen LogP contribution in [0, 0.1) is 13.8 Å². The number of hydrogen-bond donors (Lipinski definition) is 0. The fourth-order valence-corrected chi connectivity index (χ4v) is 6.62. The third-order valence-corrected chi connectivity index (χ3v) is 7.59. The summed E-state index contributed by atoms with van der Waals surface area (Å²) in [6, 6.07) is 17.3. The molecule has 2 aromatic carbocycles. The molecule has 0 saturated heterocycles. The second-order valence-corrected chi connectivity index (χ2v) is 9.46. The monoisotopic (exact) mass is 377 g/mol. The number of aryl methyl sites for hydroxylation is 2. The smallest absolute Gasteiger partial charge is 0.0908 e. The summed E-state index contributed by atoms with van der Waals surface area (Å²) >= 11 is 5.48. The maximum absolute atomic E-state index is 4.80. The van der Waals surface area contributed by atoms with Crippen LogP contribution in [0.5, 0.6) is 0 Å². The summed E-state index contributed by atoms with van der Waals surface area (Å²) < 4.78 is 2.68. The molecule has 122 valence electrons. The van der Waals surface area contributed by atoms with Crippen LogP contribution in [0.15, 0.2) is 54.0 Å². The summed E-state index contributed by atoms with van der Waals surface area (Å²) in [4.78, 5) is 8.80. The molecule has 5 rings (SSSR count). The highest BCUT2D eigenvalue weighted by molar-refractivity contribution is 7.21. The van der Waals surface area contributed by atoms with Crippen molar-refractivity contribution in [3.05, 3.63) is 63.8 Å². The van der Waals surface area contributed by atoms with Crippen molar-refractivity contribution in [2.45, 2.75) is 13.8 Å². The van der Waals surface area contributed by atoms with E-state index in [9.17, 15) is 0 Å². The van der Waals surface area contributed by atoms with Gasteiger partial charge in [0.2, 0.25) is 0 Å². The number of thiophene rings is 2. The molecule has 5 aromatic rings. The molecule has 0 aliphatic rings. The Morgan fingerprint density at radius 3 is 1.96 bits per heavy atom. The molecule has 25 heavy (non-hydrogen) atoms. The Balaban J connectivity index is 1.83. The van der Waals surface area contributed by atoms with Gasteiger partial charge in [-0.1, -0.05) is 36.4 Å². The van der Waals surface area contributed by atoms with Gasteiger partial charge in [0.05, 0.1) is 16.1 Å². The van der Waals surface area contributed by atoms with Crippen LogP contribution in [0.2, 0.25) is 0 Å². The van der Waals surface area contributed by atoms with Crippen molar-refractivity contribution >= 4 is 54.2 Å². The zero-order valence-electron chi connectivity index (χ0n) is 13.9. The summed E-state index contributed by atoms with van der Waals surface area (Å²) in [6.07, 6.45) is 0. The van der Waals surface area contributed by atoms with Crippen LogP contribution >= 0.6 is 34.0 Å². The summed E-state index contributed by atoms with van der Waals surface area (Å²) in [5, 5.41) is 2.65. The minimum atomic E-state index is 1.13. The van der Waals surface area contributed by atoms with Crippen LogP contribution < -0.4 is 0 Å². The van der Waals surface area contributed by atoms with Crippen molar-refractivity contribution in [2.75, 3.05) is 0 Å². The Labute approximate surface area is 158 Å². The SMILES string of the molecule is Cc1sc2ccccc2c1-c1ncsc1-c1c(C)sc2ccccc12. The quantitative estimate of drug-likeness (QED) is 0.310. The molecular formula is C21H15NS3. The van der Waals surface area contributed by atoms with E-state index in [1.165, 1.54) is 45.9 Å². The molecule has 0 aliphatic carbocycles. The standard InChI is InChI=1S/C21H15NS3/c1-12-18(14-7-3-5-9-16(14)24-12)20-21(23-11-22-20)19-13(2)25-17-10-6-4-8-15(17)19/h3-11H,1-2H3. The first kappa shape index (κ1) is 15.3. The number of nitrogens with zero attached hydrogens (tertiary/aromatic N) is 1. The van der Waals surface area contributed by atoms with E-state index in [0.29, 0.717) is 0 Å². The first-order valence-electron chi connectivity index (χ1n) is 8.14. The Morgan fingerprint density at radius 1 is 0.720 bits per heavy atom. The highest BCUT2D eigenvalue weighted by atomic mass is 32.1. The third kappa shape index (κ3) is 2.29. The lowest BCUT2D eigenvalue weighted by Crippen LogP contribution is -1.83. The molecule has 0 atom stereocenters. The number of rotatable bonds is 2. The Bertz CT molecular complexity index is 1130. The second kappa shape index (κ2) is 5.77. The molecule has 4 heteroatoms. The van der Waals surface area contributed by atoms with Crippen LogP contribution in [0.3, 0.4) is 0 Å². The molecule has 0 amide bonds. The van der Waals surface area contributed by atoms with Gasteiger partial charge < -0.3 is 0 Å². The number of benzene rings is 2. The molecule has 0 aliphatic heterocycles. The van der Waals surface area contributed by atoms with Crippen molar-refractivity contribution in [2.24, 2.45) is 0 Å². The van der Waals surface area contributed by atoms with Gasteiger partial charge in [-0.3, -0.25) is 0 Å². The van der Waals surface area contributed by atoms with Gasteiger partial charge in [0.25, 0.3) is 0 Å². The minimum Gasteiger partial charge on any atom is -0.244 e. The predicted octanol–water partition coefficient (Wildman–Crippen LogP) is 7.52. The van der Waals surface area contributed by atoms with E-state index in [4.69, 9.17) is 4.98 Å². The number of aromatic nitrogens is 1. The Hall–Kier alpha value is -2.01. The van der Waals surface area contributed by atoms with Gasteiger partial charge in [0.1, 0.15) is 0 Å². The first-order chi connectivity index (χ1) is 12.2.